The van der Waals surface area contributed by atoms with Crippen LogP contribution in [0.2, 0.25) is 0 Å². The fraction of sp³-hybridized carbons (Fsp3) is 0.500. The second kappa shape index (κ2) is 11.5. The molecule has 0 bridgehead atoms. The quantitative estimate of drug-likeness (QED) is 0.319. The molecule has 0 amide bonds. The van der Waals surface area contributed by atoms with Crippen molar-refractivity contribution in [3.05, 3.63) is 23.8 Å². The van der Waals surface area contributed by atoms with Gasteiger partial charge in [0.25, 0.3) is 0 Å². The Morgan fingerprint density at radius 1 is 0.824 bits per heavy atom. The van der Waals surface area contributed by atoms with Gasteiger partial charge in [0, 0.05) is 33.8 Å². The normalized spacial score (nSPS) is 23.9. The van der Waals surface area contributed by atoms with E-state index in [9.17, 15) is 29.1 Å². The Bertz CT molecular complexity index is 955. The van der Waals surface area contributed by atoms with Crippen LogP contribution < -0.4 is 4.74 Å². The lowest BCUT2D eigenvalue weighted by Crippen LogP contribution is -2.63. The molecule has 0 radical (unpaired) electrons. The Hall–Kier alpha value is -3.67. The molecule has 1 aliphatic heterocycles. The first-order valence-electron chi connectivity index (χ1n) is 10.2. The number of carbonyl (C=O) groups excluding carboxylic acids is 5. The number of phenols is 1. The first kappa shape index (κ1) is 26.6. The standard InChI is InChI=1S/C22H26O12/c1-10(23)16-7-6-15(8-17(16)28)33-22-21(32-14(5)27)20(31-13(4)26)19(30-12(3)25)18(34-22)9-29-11(2)24/h6-8,18-22,28H,9H2,1-5H3/t18-,19-,20+,21+,22-/m1/s1. The molecule has 0 spiro atoms. The van der Waals surface area contributed by atoms with Crippen LogP contribution in [0.5, 0.6) is 11.5 Å². The topological polar surface area (TPSA) is 161 Å². The number of benzene rings is 1. The van der Waals surface area contributed by atoms with Crippen LogP contribution in [0.25, 0.3) is 0 Å². The SMILES string of the molecule is CC(=O)OC[C@H]1O[C@@H](Oc2ccc(C(C)=O)c(O)c2)[C@@H](OC(C)=O)[C@@H](OC(C)=O)[C@@H]1OC(C)=O. The summed E-state index contributed by atoms with van der Waals surface area (Å²) < 4.78 is 32.4. The van der Waals surface area contributed by atoms with Crippen LogP contribution in [-0.4, -0.2) is 72.1 Å². The molecule has 1 aromatic rings. The number of aromatic hydroxyl groups is 1. The maximum absolute atomic E-state index is 11.8. The van der Waals surface area contributed by atoms with Gasteiger partial charge in [0.05, 0.1) is 5.56 Å². The molecular weight excluding hydrogens is 456 g/mol. The lowest BCUT2D eigenvalue weighted by Gasteiger charge is -2.43. The van der Waals surface area contributed by atoms with Crippen LogP contribution in [0.4, 0.5) is 0 Å². The molecule has 12 nitrogen and oxygen atoms in total. The first-order valence-corrected chi connectivity index (χ1v) is 10.2. The van der Waals surface area contributed by atoms with Gasteiger partial charge in [-0.15, -0.1) is 0 Å². The van der Waals surface area contributed by atoms with Crippen molar-refractivity contribution < 1.29 is 57.5 Å². The van der Waals surface area contributed by atoms with E-state index < -0.39 is 61.2 Å². The van der Waals surface area contributed by atoms with E-state index in [1.54, 1.807) is 0 Å². The third kappa shape index (κ3) is 7.17. The summed E-state index contributed by atoms with van der Waals surface area (Å²) in [5.74, 6) is -3.71. The van der Waals surface area contributed by atoms with Crippen molar-refractivity contribution in [1.29, 1.82) is 0 Å². The molecule has 1 fully saturated rings. The maximum atomic E-state index is 11.8. The molecule has 186 valence electrons. The van der Waals surface area contributed by atoms with Crippen LogP contribution in [0, 0.1) is 0 Å². The molecule has 0 aliphatic carbocycles. The lowest BCUT2D eigenvalue weighted by atomic mass is 9.98. The number of rotatable bonds is 8. The number of phenolic OH excluding ortho intramolecular Hbond substituents is 1. The van der Waals surface area contributed by atoms with Crippen LogP contribution in [-0.2, 0) is 42.9 Å². The van der Waals surface area contributed by atoms with Gasteiger partial charge in [-0.05, 0) is 19.1 Å². The van der Waals surface area contributed by atoms with Gasteiger partial charge in [-0.1, -0.05) is 0 Å². The molecule has 34 heavy (non-hydrogen) atoms. The highest BCUT2D eigenvalue weighted by atomic mass is 16.7. The lowest BCUT2D eigenvalue weighted by molar-refractivity contribution is -0.288. The van der Waals surface area contributed by atoms with Crippen molar-refractivity contribution in [3.63, 3.8) is 0 Å². The Balaban J connectivity index is 2.47. The minimum absolute atomic E-state index is 0.0170. The summed E-state index contributed by atoms with van der Waals surface area (Å²) in [6, 6.07) is 3.83. The second-order valence-corrected chi connectivity index (χ2v) is 7.42. The molecular formula is C22H26O12. The van der Waals surface area contributed by atoms with Crippen LogP contribution in [0.1, 0.15) is 45.0 Å². The highest BCUT2D eigenvalue weighted by molar-refractivity contribution is 5.96. The van der Waals surface area contributed by atoms with Crippen LogP contribution in [0.3, 0.4) is 0 Å². The Morgan fingerprint density at radius 3 is 1.88 bits per heavy atom. The number of carbonyl (C=O) groups is 5. The van der Waals surface area contributed by atoms with E-state index >= 15 is 0 Å². The minimum atomic E-state index is -1.46. The average molecular weight is 482 g/mol. The third-order valence-electron chi connectivity index (χ3n) is 4.55. The van der Waals surface area contributed by atoms with Crippen molar-refractivity contribution in [2.24, 2.45) is 0 Å². The van der Waals surface area contributed by atoms with Gasteiger partial charge in [-0.25, -0.2) is 0 Å². The molecule has 1 aliphatic rings. The second-order valence-electron chi connectivity index (χ2n) is 7.42. The summed E-state index contributed by atoms with van der Waals surface area (Å²) in [7, 11) is 0. The molecule has 0 saturated carbocycles. The van der Waals surface area contributed by atoms with Gasteiger partial charge >= 0.3 is 23.9 Å². The summed E-state index contributed by atoms with van der Waals surface area (Å²) >= 11 is 0. The maximum Gasteiger partial charge on any atom is 0.303 e. The number of Topliss-reactive ketones (excluding diaryl/α,β-unsaturated/α-hetero) is 1. The number of hydrogen-bond donors (Lipinski definition) is 1. The summed E-state index contributed by atoms with van der Waals surface area (Å²) in [4.78, 5) is 58.3. The number of esters is 4. The summed E-state index contributed by atoms with van der Waals surface area (Å²) in [5.41, 5.74) is 0.0499. The molecule has 5 atom stereocenters. The number of ether oxygens (including phenoxy) is 6. The third-order valence-corrected chi connectivity index (χ3v) is 4.55. The predicted octanol–water partition coefficient (Wildman–Crippen LogP) is 1.06. The Morgan fingerprint density at radius 2 is 1.38 bits per heavy atom. The van der Waals surface area contributed by atoms with E-state index in [-0.39, 0.29) is 22.8 Å². The monoisotopic (exact) mass is 482 g/mol. The van der Waals surface area contributed by atoms with Gasteiger partial charge < -0.3 is 33.5 Å². The molecule has 1 saturated heterocycles. The van der Waals surface area contributed by atoms with Crippen molar-refractivity contribution in [2.45, 2.75) is 65.3 Å². The van der Waals surface area contributed by atoms with Crippen molar-refractivity contribution in [1.82, 2.24) is 0 Å². The molecule has 0 aromatic heterocycles. The Labute approximate surface area is 195 Å². The minimum Gasteiger partial charge on any atom is -0.507 e. The zero-order valence-corrected chi connectivity index (χ0v) is 19.3. The fourth-order valence-corrected chi connectivity index (χ4v) is 3.30. The molecule has 2 rings (SSSR count). The Kier molecular flexibility index (Phi) is 8.96. The van der Waals surface area contributed by atoms with E-state index in [0.717, 1.165) is 33.8 Å². The predicted molar refractivity (Wildman–Crippen MR) is 111 cm³/mol. The summed E-state index contributed by atoms with van der Waals surface area (Å²) in [6.45, 7) is 5.32. The van der Waals surface area contributed by atoms with E-state index in [0.29, 0.717) is 0 Å². The van der Waals surface area contributed by atoms with Gasteiger partial charge in [0.15, 0.2) is 18.0 Å². The van der Waals surface area contributed by atoms with Crippen molar-refractivity contribution in [2.75, 3.05) is 6.61 Å². The molecule has 1 heterocycles. The van der Waals surface area contributed by atoms with E-state index in [1.807, 2.05) is 0 Å². The van der Waals surface area contributed by atoms with E-state index in [4.69, 9.17) is 28.4 Å². The van der Waals surface area contributed by atoms with Gasteiger partial charge in [-0.2, -0.15) is 0 Å². The zero-order chi connectivity index (χ0) is 25.6. The first-order chi connectivity index (χ1) is 15.9. The van der Waals surface area contributed by atoms with E-state index in [1.165, 1.54) is 19.1 Å². The zero-order valence-electron chi connectivity index (χ0n) is 19.3. The molecule has 12 heteroatoms. The van der Waals surface area contributed by atoms with Gasteiger partial charge in [-0.3, -0.25) is 24.0 Å². The molecule has 1 N–H and O–H groups in total. The average Bonchev–Trinajstić information content (AvgIpc) is 2.69. The summed E-state index contributed by atoms with van der Waals surface area (Å²) in [5, 5.41) is 10.1. The number of hydrogen-bond acceptors (Lipinski definition) is 12. The highest BCUT2D eigenvalue weighted by Crippen LogP contribution is 2.32. The summed E-state index contributed by atoms with van der Waals surface area (Å²) in [6.07, 6.45) is -6.77. The smallest absolute Gasteiger partial charge is 0.303 e. The van der Waals surface area contributed by atoms with Gasteiger partial charge in [0.1, 0.15) is 24.2 Å². The largest absolute Gasteiger partial charge is 0.507 e. The molecule has 1 aromatic carbocycles. The highest BCUT2D eigenvalue weighted by Gasteiger charge is 2.53. The fourth-order valence-electron chi connectivity index (χ4n) is 3.30. The van der Waals surface area contributed by atoms with Crippen LogP contribution >= 0.6 is 0 Å². The molecule has 0 unspecified atom stereocenters. The number of ketones is 1. The van der Waals surface area contributed by atoms with E-state index in [2.05, 4.69) is 0 Å². The van der Waals surface area contributed by atoms with Crippen molar-refractivity contribution in [3.8, 4) is 11.5 Å². The van der Waals surface area contributed by atoms with Crippen LogP contribution in [0.15, 0.2) is 18.2 Å². The van der Waals surface area contributed by atoms with Gasteiger partial charge in [0.2, 0.25) is 12.4 Å². The van der Waals surface area contributed by atoms with Crippen molar-refractivity contribution >= 4 is 29.7 Å².